The molecule has 4 aliphatic rings. The number of hydrogen-bond acceptors (Lipinski definition) is 2. The van der Waals surface area contributed by atoms with Gasteiger partial charge >= 0.3 is 0 Å². The van der Waals surface area contributed by atoms with Crippen molar-refractivity contribution in [1.82, 2.24) is 10.2 Å². The normalized spacial score (nSPS) is 50.0. The summed E-state index contributed by atoms with van der Waals surface area (Å²) in [6, 6.07) is 0. The molecule has 3 saturated heterocycles. The fourth-order valence-electron chi connectivity index (χ4n) is 3.08. The Morgan fingerprint density at radius 1 is 1.33 bits per heavy atom. The Kier molecular flexibility index (Phi) is 1.31. The lowest BCUT2D eigenvalue weighted by Crippen LogP contribution is -2.59. The Morgan fingerprint density at radius 3 is 2.67 bits per heavy atom. The summed E-state index contributed by atoms with van der Waals surface area (Å²) in [4.78, 5) is 2.67. The molecule has 2 bridgehead atoms. The molecule has 1 atom stereocenters. The van der Waals surface area contributed by atoms with Gasteiger partial charge in [0.15, 0.2) is 0 Å². The third-order valence-corrected chi connectivity index (χ3v) is 3.81. The first-order chi connectivity index (χ1) is 5.89. The lowest BCUT2D eigenvalue weighted by Gasteiger charge is -2.51. The van der Waals surface area contributed by atoms with Gasteiger partial charge in [-0.25, -0.2) is 0 Å². The van der Waals surface area contributed by atoms with E-state index in [2.05, 4.69) is 22.5 Å². The average Bonchev–Trinajstić information content (AvgIpc) is 2.55. The molecule has 3 fully saturated rings. The standard InChI is InChI=1S/C10H16N2/c1-5-12-6-2-9(1)7-10(12)3-4-11-8-10/h3-4,9,11H,1-2,5-8H2. The molecule has 1 spiro atoms. The van der Waals surface area contributed by atoms with Crippen molar-refractivity contribution < 1.29 is 0 Å². The maximum atomic E-state index is 3.35. The highest BCUT2D eigenvalue weighted by Gasteiger charge is 2.45. The van der Waals surface area contributed by atoms with Gasteiger partial charge in [0.05, 0.1) is 5.54 Å². The lowest BCUT2D eigenvalue weighted by atomic mass is 9.75. The summed E-state index contributed by atoms with van der Waals surface area (Å²) in [6.07, 6.45) is 8.81. The van der Waals surface area contributed by atoms with Crippen LogP contribution >= 0.6 is 0 Å². The van der Waals surface area contributed by atoms with E-state index in [0.717, 1.165) is 12.5 Å². The fourth-order valence-corrected chi connectivity index (χ4v) is 3.08. The summed E-state index contributed by atoms with van der Waals surface area (Å²) in [7, 11) is 0. The topological polar surface area (TPSA) is 15.3 Å². The quantitative estimate of drug-likeness (QED) is 0.573. The van der Waals surface area contributed by atoms with Crippen molar-refractivity contribution in [3.63, 3.8) is 0 Å². The second-order valence-corrected chi connectivity index (χ2v) is 4.45. The van der Waals surface area contributed by atoms with E-state index in [-0.39, 0.29) is 0 Å². The van der Waals surface area contributed by atoms with Crippen molar-refractivity contribution >= 4 is 0 Å². The predicted octanol–water partition coefficient (Wildman–Crippen LogP) is 0.958. The molecule has 12 heavy (non-hydrogen) atoms. The van der Waals surface area contributed by atoms with Crippen LogP contribution in [0.2, 0.25) is 0 Å². The first-order valence-corrected chi connectivity index (χ1v) is 5.05. The van der Waals surface area contributed by atoms with Crippen molar-refractivity contribution in [2.75, 3.05) is 19.6 Å². The van der Waals surface area contributed by atoms with Crippen molar-refractivity contribution in [1.29, 1.82) is 0 Å². The van der Waals surface area contributed by atoms with Gasteiger partial charge in [0.25, 0.3) is 0 Å². The molecule has 0 aromatic carbocycles. The van der Waals surface area contributed by atoms with Crippen LogP contribution < -0.4 is 5.32 Å². The molecule has 0 amide bonds. The highest BCUT2D eigenvalue weighted by Crippen LogP contribution is 2.40. The molecule has 4 aliphatic heterocycles. The van der Waals surface area contributed by atoms with Crippen molar-refractivity contribution in [2.24, 2.45) is 5.92 Å². The van der Waals surface area contributed by atoms with Gasteiger partial charge in [-0.15, -0.1) is 0 Å². The molecule has 1 N–H and O–H groups in total. The van der Waals surface area contributed by atoms with Gasteiger partial charge in [-0.1, -0.05) is 0 Å². The van der Waals surface area contributed by atoms with Gasteiger partial charge in [0.2, 0.25) is 0 Å². The largest absolute Gasteiger partial charge is 0.389 e. The van der Waals surface area contributed by atoms with E-state index in [1.807, 2.05) is 0 Å². The minimum atomic E-state index is 0.432. The van der Waals surface area contributed by atoms with Gasteiger partial charge in [0.1, 0.15) is 0 Å². The molecule has 0 radical (unpaired) electrons. The van der Waals surface area contributed by atoms with E-state index in [9.17, 15) is 0 Å². The first-order valence-electron chi connectivity index (χ1n) is 5.05. The van der Waals surface area contributed by atoms with Crippen LogP contribution in [0.3, 0.4) is 0 Å². The van der Waals surface area contributed by atoms with Gasteiger partial charge in [-0.05, 0) is 50.5 Å². The van der Waals surface area contributed by atoms with Crippen LogP contribution in [0.15, 0.2) is 12.3 Å². The number of nitrogens with one attached hydrogen (secondary N) is 1. The number of fused-ring (bicyclic) bond motifs is 2. The smallest absolute Gasteiger partial charge is 0.0583 e. The maximum absolute atomic E-state index is 3.35. The molecule has 0 aromatic rings. The third kappa shape index (κ3) is 0.789. The Bertz CT molecular complexity index is 216. The molecule has 0 saturated carbocycles. The SMILES string of the molecule is C1=CC2(CN1)CC1CCN2CC1. The zero-order valence-electron chi connectivity index (χ0n) is 7.42. The third-order valence-electron chi connectivity index (χ3n) is 3.81. The Morgan fingerprint density at radius 2 is 2.17 bits per heavy atom. The number of hydrogen-bond donors (Lipinski definition) is 1. The van der Waals surface area contributed by atoms with Crippen LogP contribution in [0.4, 0.5) is 0 Å². The second kappa shape index (κ2) is 2.25. The van der Waals surface area contributed by atoms with Gasteiger partial charge in [0, 0.05) is 6.54 Å². The van der Waals surface area contributed by atoms with Crippen molar-refractivity contribution in [3.05, 3.63) is 12.3 Å². The fraction of sp³-hybridized carbons (Fsp3) is 0.800. The molecule has 2 nitrogen and oxygen atoms in total. The Balaban J connectivity index is 1.91. The van der Waals surface area contributed by atoms with Crippen LogP contribution in [0.25, 0.3) is 0 Å². The van der Waals surface area contributed by atoms with E-state index < -0.39 is 0 Å². The van der Waals surface area contributed by atoms with Crippen LogP contribution in [0.5, 0.6) is 0 Å². The maximum Gasteiger partial charge on any atom is 0.0583 e. The molecule has 4 rings (SSSR count). The summed E-state index contributed by atoms with van der Waals surface area (Å²) in [5, 5.41) is 3.35. The summed E-state index contributed by atoms with van der Waals surface area (Å²) >= 11 is 0. The highest BCUT2D eigenvalue weighted by molar-refractivity contribution is 5.18. The van der Waals surface area contributed by atoms with E-state index in [4.69, 9.17) is 0 Å². The minimum Gasteiger partial charge on any atom is -0.389 e. The van der Waals surface area contributed by atoms with E-state index >= 15 is 0 Å². The van der Waals surface area contributed by atoms with Crippen molar-refractivity contribution in [2.45, 2.75) is 24.8 Å². The number of rotatable bonds is 0. The van der Waals surface area contributed by atoms with E-state index in [0.29, 0.717) is 5.54 Å². The summed E-state index contributed by atoms with van der Waals surface area (Å²) in [5.74, 6) is 1.01. The monoisotopic (exact) mass is 164 g/mol. The van der Waals surface area contributed by atoms with Crippen molar-refractivity contribution in [3.8, 4) is 0 Å². The average molecular weight is 164 g/mol. The van der Waals surface area contributed by atoms with Gasteiger partial charge < -0.3 is 5.32 Å². The summed E-state index contributed by atoms with van der Waals surface area (Å²) in [5.41, 5.74) is 0.432. The molecular formula is C10H16N2. The van der Waals surface area contributed by atoms with E-state index in [1.165, 1.54) is 32.4 Å². The first kappa shape index (κ1) is 6.96. The number of piperidine rings is 3. The van der Waals surface area contributed by atoms with Crippen LogP contribution in [0.1, 0.15) is 19.3 Å². The molecule has 0 aliphatic carbocycles. The molecule has 66 valence electrons. The summed E-state index contributed by atoms with van der Waals surface area (Å²) < 4.78 is 0. The second-order valence-electron chi connectivity index (χ2n) is 4.45. The molecule has 2 heteroatoms. The molecule has 4 heterocycles. The predicted molar refractivity (Wildman–Crippen MR) is 48.8 cm³/mol. The highest BCUT2D eigenvalue weighted by atomic mass is 15.2. The van der Waals surface area contributed by atoms with Crippen LogP contribution in [-0.4, -0.2) is 30.1 Å². The minimum absolute atomic E-state index is 0.432. The zero-order chi connectivity index (χ0) is 8.02. The zero-order valence-corrected chi connectivity index (χ0v) is 7.42. The molecule has 0 aromatic heterocycles. The van der Waals surface area contributed by atoms with Crippen LogP contribution in [-0.2, 0) is 0 Å². The Labute approximate surface area is 73.6 Å². The summed E-state index contributed by atoms with van der Waals surface area (Å²) in [6.45, 7) is 3.82. The van der Waals surface area contributed by atoms with Gasteiger partial charge in [-0.2, -0.15) is 0 Å². The number of nitrogens with zero attached hydrogens (tertiary/aromatic N) is 1. The van der Waals surface area contributed by atoms with Crippen LogP contribution in [0, 0.1) is 5.92 Å². The van der Waals surface area contributed by atoms with E-state index in [1.54, 1.807) is 0 Å². The Hall–Kier alpha value is -0.500. The molecule has 1 unspecified atom stereocenters. The van der Waals surface area contributed by atoms with Gasteiger partial charge in [-0.3, -0.25) is 4.90 Å². The molecular weight excluding hydrogens is 148 g/mol. The lowest BCUT2D eigenvalue weighted by molar-refractivity contribution is 0.00824.